The summed E-state index contributed by atoms with van der Waals surface area (Å²) in [6.07, 6.45) is 3.33. The van der Waals surface area contributed by atoms with E-state index in [1.54, 1.807) is 47.4 Å². The maximum Gasteiger partial charge on any atom is 0.165 e. The molecule has 0 atom stereocenters. The zero-order valence-corrected chi connectivity index (χ0v) is 11.2. The minimum atomic E-state index is 0.190. The summed E-state index contributed by atoms with van der Waals surface area (Å²) in [5.41, 5.74) is 0.756. The monoisotopic (exact) mass is 286 g/mol. The lowest BCUT2D eigenvalue weighted by Gasteiger charge is -2.03. The third-order valence-corrected chi connectivity index (χ3v) is 2.92. The summed E-state index contributed by atoms with van der Waals surface area (Å²) in [6.45, 7) is 0. The topological polar surface area (TPSA) is 47.3 Å². The van der Waals surface area contributed by atoms with Crippen LogP contribution in [0.5, 0.6) is 17.2 Å². The van der Waals surface area contributed by atoms with Gasteiger partial charge in [-0.15, -0.1) is 0 Å². The normalized spacial score (nSPS) is 10.4. The van der Waals surface area contributed by atoms with Crippen molar-refractivity contribution in [2.45, 2.75) is 0 Å². The summed E-state index contributed by atoms with van der Waals surface area (Å²) in [5, 5.41) is 14.3. The van der Waals surface area contributed by atoms with Crippen molar-refractivity contribution in [3.05, 3.63) is 65.9 Å². The first-order valence-electron chi connectivity index (χ1n) is 5.98. The lowest BCUT2D eigenvalue weighted by Crippen LogP contribution is -1.92. The lowest BCUT2D eigenvalue weighted by atomic mass is 10.3. The second kappa shape index (κ2) is 5.27. The molecule has 0 spiro atoms. The highest BCUT2D eigenvalue weighted by atomic mass is 35.5. The fourth-order valence-electron chi connectivity index (χ4n) is 1.80. The largest absolute Gasteiger partial charge is 0.508 e. The van der Waals surface area contributed by atoms with Gasteiger partial charge in [0.15, 0.2) is 5.75 Å². The number of ether oxygens (including phenoxy) is 1. The average molecular weight is 287 g/mol. The van der Waals surface area contributed by atoms with E-state index in [1.165, 1.54) is 0 Å². The Hall–Kier alpha value is -2.46. The number of hydrogen-bond donors (Lipinski definition) is 1. The first-order valence-corrected chi connectivity index (χ1v) is 6.36. The predicted molar refractivity (Wildman–Crippen MR) is 76.8 cm³/mol. The van der Waals surface area contributed by atoms with Gasteiger partial charge in [0.25, 0.3) is 0 Å². The Labute approximate surface area is 120 Å². The Morgan fingerprint density at radius 2 is 1.90 bits per heavy atom. The average Bonchev–Trinajstić information content (AvgIpc) is 2.87. The number of benzene rings is 2. The third kappa shape index (κ3) is 2.75. The molecular weight excluding hydrogens is 276 g/mol. The van der Waals surface area contributed by atoms with Gasteiger partial charge in [-0.05, 0) is 30.3 Å². The molecule has 0 saturated carbocycles. The first kappa shape index (κ1) is 12.6. The number of rotatable bonds is 3. The van der Waals surface area contributed by atoms with Crippen molar-refractivity contribution in [3.8, 4) is 22.9 Å². The van der Waals surface area contributed by atoms with Gasteiger partial charge >= 0.3 is 0 Å². The van der Waals surface area contributed by atoms with Crippen LogP contribution in [-0.4, -0.2) is 14.9 Å². The Bertz CT molecular complexity index is 740. The van der Waals surface area contributed by atoms with Crippen LogP contribution >= 0.6 is 11.6 Å². The molecule has 0 radical (unpaired) electrons. The fourth-order valence-corrected chi connectivity index (χ4v) is 1.98. The summed E-state index contributed by atoms with van der Waals surface area (Å²) in [7, 11) is 0. The molecule has 1 aromatic heterocycles. The van der Waals surface area contributed by atoms with Crippen molar-refractivity contribution >= 4 is 11.6 Å². The van der Waals surface area contributed by atoms with Crippen molar-refractivity contribution in [2.24, 2.45) is 0 Å². The van der Waals surface area contributed by atoms with E-state index in [9.17, 15) is 5.11 Å². The SMILES string of the molecule is Oc1cccc(-n2cc(Oc3cccc(Cl)c3)cn2)c1. The molecule has 5 heteroatoms. The summed E-state index contributed by atoms with van der Waals surface area (Å²) in [6, 6.07) is 14.0. The Balaban J connectivity index is 1.84. The van der Waals surface area contributed by atoms with Crippen molar-refractivity contribution in [3.63, 3.8) is 0 Å². The van der Waals surface area contributed by atoms with Crippen molar-refractivity contribution in [1.82, 2.24) is 9.78 Å². The van der Waals surface area contributed by atoms with E-state index in [2.05, 4.69) is 5.10 Å². The molecule has 1 heterocycles. The molecule has 0 aliphatic carbocycles. The van der Waals surface area contributed by atoms with Gasteiger partial charge in [0, 0.05) is 11.1 Å². The highest BCUT2D eigenvalue weighted by Crippen LogP contribution is 2.24. The van der Waals surface area contributed by atoms with Crippen LogP contribution in [0.2, 0.25) is 5.02 Å². The number of halogens is 1. The zero-order valence-electron chi connectivity index (χ0n) is 10.4. The molecule has 100 valence electrons. The van der Waals surface area contributed by atoms with Crippen molar-refractivity contribution < 1.29 is 9.84 Å². The molecule has 4 nitrogen and oxygen atoms in total. The molecule has 0 aliphatic rings. The van der Waals surface area contributed by atoms with E-state index < -0.39 is 0 Å². The van der Waals surface area contributed by atoms with Gasteiger partial charge < -0.3 is 9.84 Å². The Morgan fingerprint density at radius 3 is 2.70 bits per heavy atom. The molecule has 3 rings (SSSR count). The molecule has 1 N–H and O–H groups in total. The van der Waals surface area contributed by atoms with Crippen LogP contribution < -0.4 is 4.74 Å². The molecular formula is C15H11ClN2O2. The third-order valence-electron chi connectivity index (χ3n) is 2.68. The number of phenolic OH excluding ortho intramolecular Hbond substituents is 1. The molecule has 3 aromatic rings. The van der Waals surface area contributed by atoms with E-state index >= 15 is 0 Å². The lowest BCUT2D eigenvalue weighted by molar-refractivity contribution is 0.474. The van der Waals surface area contributed by atoms with E-state index in [4.69, 9.17) is 16.3 Å². The standard InChI is InChI=1S/C15H11ClN2O2/c16-11-3-1-6-14(7-11)20-15-9-17-18(10-15)12-4-2-5-13(19)8-12/h1-10,19H. The van der Waals surface area contributed by atoms with Gasteiger partial charge in [0.1, 0.15) is 11.5 Å². The minimum Gasteiger partial charge on any atom is -0.508 e. The summed E-state index contributed by atoms with van der Waals surface area (Å²) in [4.78, 5) is 0. The van der Waals surface area contributed by atoms with Gasteiger partial charge in [-0.2, -0.15) is 5.10 Å². The summed E-state index contributed by atoms with van der Waals surface area (Å²) < 4.78 is 7.29. The zero-order chi connectivity index (χ0) is 13.9. The van der Waals surface area contributed by atoms with Gasteiger partial charge in [-0.25, -0.2) is 4.68 Å². The molecule has 0 saturated heterocycles. The number of nitrogens with zero attached hydrogens (tertiary/aromatic N) is 2. The molecule has 0 fully saturated rings. The number of aromatic hydroxyl groups is 1. The Morgan fingerprint density at radius 1 is 1.05 bits per heavy atom. The number of aromatic nitrogens is 2. The second-order valence-corrected chi connectivity index (χ2v) is 4.64. The van der Waals surface area contributed by atoms with E-state index in [1.807, 2.05) is 18.2 Å². The smallest absolute Gasteiger partial charge is 0.165 e. The molecule has 0 amide bonds. The highest BCUT2D eigenvalue weighted by Gasteiger charge is 2.04. The number of phenols is 1. The van der Waals surface area contributed by atoms with Gasteiger partial charge in [0.05, 0.1) is 18.1 Å². The summed E-state index contributed by atoms with van der Waals surface area (Å²) >= 11 is 5.90. The minimum absolute atomic E-state index is 0.190. The summed E-state index contributed by atoms with van der Waals surface area (Å²) in [5.74, 6) is 1.43. The van der Waals surface area contributed by atoms with E-state index in [-0.39, 0.29) is 5.75 Å². The first-order chi connectivity index (χ1) is 9.70. The molecule has 20 heavy (non-hydrogen) atoms. The van der Waals surface area contributed by atoms with Crippen LogP contribution in [0.3, 0.4) is 0 Å². The maximum absolute atomic E-state index is 9.46. The molecule has 0 bridgehead atoms. The van der Waals surface area contributed by atoms with Crippen molar-refractivity contribution in [2.75, 3.05) is 0 Å². The van der Waals surface area contributed by atoms with Crippen LogP contribution in [-0.2, 0) is 0 Å². The predicted octanol–water partition coefficient (Wildman–Crippen LogP) is 4.02. The van der Waals surface area contributed by atoms with Crippen LogP contribution in [0.15, 0.2) is 60.9 Å². The molecule has 2 aromatic carbocycles. The maximum atomic E-state index is 9.46. The highest BCUT2D eigenvalue weighted by molar-refractivity contribution is 6.30. The van der Waals surface area contributed by atoms with Gasteiger partial charge in [0.2, 0.25) is 0 Å². The van der Waals surface area contributed by atoms with E-state index in [0.717, 1.165) is 5.69 Å². The fraction of sp³-hybridized carbons (Fsp3) is 0. The van der Waals surface area contributed by atoms with Gasteiger partial charge in [-0.3, -0.25) is 0 Å². The van der Waals surface area contributed by atoms with Gasteiger partial charge in [-0.1, -0.05) is 23.7 Å². The molecule has 0 unspecified atom stereocenters. The second-order valence-electron chi connectivity index (χ2n) is 4.20. The van der Waals surface area contributed by atoms with Crippen LogP contribution in [0.1, 0.15) is 0 Å². The molecule has 0 aliphatic heterocycles. The Kier molecular flexibility index (Phi) is 3.31. The van der Waals surface area contributed by atoms with Crippen LogP contribution in [0.4, 0.5) is 0 Å². The van der Waals surface area contributed by atoms with E-state index in [0.29, 0.717) is 16.5 Å². The number of hydrogen-bond acceptors (Lipinski definition) is 3. The quantitative estimate of drug-likeness (QED) is 0.791. The van der Waals surface area contributed by atoms with Crippen molar-refractivity contribution in [1.29, 1.82) is 0 Å². The van der Waals surface area contributed by atoms with Crippen LogP contribution in [0.25, 0.3) is 5.69 Å². The van der Waals surface area contributed by atoms with Crippen LogP contribution in [0, 0.1) is 0 Å².